The Labute approximate surface area is 86.5 Å². The van der Waals surface area contributed by atoms with Gasteiger partial charge in [0.1, 0.15) is 6.33 Å². The molecule has 1 amide bonds. The van der Waals surface area contributed by atoms with E-state index in [1.165, 1.54) is 0 Å². The van der Waals surface area contributed by atoms with Crippen LogP contribution in [0.4, 0.5) is 0 Å². The zero-order valence-corrected chi connectivity index (χ0v) is 8.54. The lowest BCUT2D eigenvalue weighted by Gasteiger charge is -2.00. The second kappa shape index (κ2) is 4.66. The van der Waals surface area contributed by atoms with Crippen LogP contribution in [0.2, 0.25) is 0 Å². The Morgan fingerprint density at radius 3 is 3.00 bits per heavy atom. The maximum absolute atomic E-state index is 11.1. The van der Waals surface area contributed by atoms with Gasteiger partial charge in [-0.25, -0.2) is 4.98 Å². The van der Waals surface area contributed by atoms with Crippen LogP contribution in [-0.4, -0.2) is 25.7 Å². The third-order valence-electron chi connectivity index (χ3n) is 1.43. The van der Waals surface area contributed by atoms with Gasteiger partial charge < -0.3 is 11.1 Å². The number of rotatable bonds is 4. The SMILES string of the molecule is Cn1cnc(CNC(=O)CC(N)=S)n1. The molecular formula is C7H11N5OS. The van der Waals surface area contributed by atoms with Crippen molar-refractivity contribution in [3.63, 3.8) is 0 Å². The summed E-state index contributed by atoms with van der Waals surface area (Å²) < 4.78 is 1.56. The first-order chi connectivity index (χ1) is 6.58. The molecule has 3 N–H and O–H groups in total. The van der Waals surface area contributed by atoms with Crippen molar-refractivity contribution in [1.82, 2.24) is 20.1 Å². The summed E-state index contributed by atoms with van der Waals surface area (Å²) in [7, 11) is 1.76. The van der Waals surface area contributed by atoms with Crippen LogP contribution < -0.4 is 11.1 Å². The van der Waals surface area contributed by atoms with E-state index in [1.807, 2.05) is 0 Å². The molecule has 76 valence electrons. The van der Waals surface area contributed by atoms with Gasteiger partial charge in [-0.1, -0.05) is 12.2 Å². The fourth-order valence-electron chi connectivity index (χ4n) is 0.863. The minimum atomic E-state index is -0.218. The molecular weight excluding hydrogens is 202 g/mol. The van der Waals surface area contributed by atoms with E-state index in [1.54, 1.807) is 18.1 Å². The van der Waals surface area contributed by atoms with E-state index in [0.29, 0.717) is 12.4 Å². The molecule has 1 aromatic heterocycles. The highest BCUT2D eigenvalue weighted by Crippen LogP contribution is 1.88. The van der Waals surface area contributed by atoms with Gasteiger partial charge in [-0.15, -0.1) is 0 Å². The molecule has 0 radical (unpaired) electrons. The van der Waals surface area contributed by atoms with Crippen LogP contribution in [0.15, 0.2) is 6.33 Å². The standard InChI is InChI=1S/C7H11N5OS/c1-12-4-10-6(11-12)3-9-7(13)2-5(8)14/h4H,2-3H2,1H3,(H2,8,14)(H,9,13). The van der Waals surface area contributed by atoms with E-state index >= 15 is 0 Å². The number of aromatic nitrogens is 3. The smallest absolute Gasteiger partial charge is 0.227 e. The molecule has 0 fully saturated rings. The number of amides is 1. The monoisotopic (exact) mass is 213 g/mol. The van der Waals surface area contributed by atoms with Crippen LogP contribution in [0.3, 0.4) is 0 Å². The Morgan fingerprint density at radius 1 is 1.79 bits per heavy atom. The van der Waals surface area contributed by atoms with Crippen molar-refractivity contribution in [1.29, 1.82) is 0 Å². The number of nitrogens with one attached hydrogen (secondary N) is 1. The summed E-state index contributed by atoms with van der Waals surface area (Å²) >= 11 is 4.59. The fraction of sp³-hybridized carbons (Fsp3) is 0.429. The molecule has 0 spiro atoms. The number of hydrogen-bond acceptors (Lipinski definition) is 4. The minimum absolute atomic E-state index is 0.0577. The Morgan fingerprint density at radius 2 is 2.50 bits per heavy atom. The summed E-state index contributed by atoms with van der Waals surface area (Å²) in [6.07, 6.45) is 1.62. The molecule has 1 aromatic rings. The van der Waals surface area contributed by atoms with Gasteiger partial charge in [0.25, 0.3) is 0 Å². The summed E-state index contributed by atoms with van der Waals surface area (Å²) in [5.74, 6) is 0.341. The highest BCUT2D eigenvalue weighted by Gasteiger charge is 2.04. The molecule has 0 bridgehead atoms. The summed E-state index contributed by atoms with van der Waals surface area (Å²) in [5, 5.41) is 6.59. The van der Waals surface area contributed by atoms with E-state index in [4.69, 9.17) is 5.73 Å². The summed E-state index contributed by atoms with van der Waals surface area (Å²) in [4.78, 5) is 15.2. The highest BCUT2D eigenvalue weighted by atomic mass is 32.1. The molecule has 0 saturated carbocycles. The van der Waals surface area contributed by atoms with Crippen LogP contribution in [0.25, 0.3) is 0 Å². The molecule has 0 aromatic carbocycles. The fourth-order valence-corrected chi connectivity index (χ4v) is 0.994. The summed E-state index contributed by atoms with van der Waals surface area (Å²) in [6.45, 7) is 0.294. The highest BCUT2D eigenvalue weighted by molar-refractivity contribution is 7.80. The number of hydrogen-bond donors (Lipinski definition) is 2. The van der Waals surface area contributed by atoms with Gasteiger partial charge in [0.2, 0.25) is 5.91 Å². The largest absolute Gasteiger partial charge is 0.393 e. The first-order valence-electron chi connectivity index (χ1n) is 3.97. The lowest BCUT2D eigenvalue weighted by molar-refractivity contribution is -0.120. The van der Waals surface area contributed by atoms with Crippen molar-refractivity contribution >= 4 is 23.1 Å². The Kier molecular flexibility index (Phi) is 3.52. The lowest BCUT2D eigenvalue weighted by atomic mass is 10.4. The first kappa shape index (κ1) is 10.6. The molecule has 6 nitrogen and oxygen atoms in total. The topological polar surface area (TPSA) is 85.8 Å². The van der Waals surface area contributed by atoms with Gasteiger partial charge in [0.15, 0.2) is 5.82 Å². The zero-order chi connectivity index (χ0) is 10.6. The Bertz CT molecular complexity index is 348. The normalized spacial score (nSPS) is 9.79. The first-order valence-corrected chi connectivity index (χ1v) is 4.38. The van der Waals surface area contributed by atoms with Crippen LogP contribution >= 0.6 is 12.2 Å². The van der Waals surface area contributed by atoms with Crippen molar-refractivity contribution in [3.05, 3.63) is 12.2 Å². The van der Waals surface area contributed by atoms with Crippen molar-refractivity contribution in [2.24, 2.45) is 12.8 Å². The molecule has 0 aliphatic rings. The third-order valence-corrected chi connectivity index (χ3v) is 1.57. The molecule has 0 aliphatic carbocycles. The van der Waals surface area contributed by atoms with Gasteiger partial charge in [-0.2, -0.15) is 5.10 Å². The zero-order valence-electron chi connectivity index (χ0n) is 7.73. The number of carbonyl (C=O) groups excluding carboxylic acids is 1. The number of nitrogens with two attached hydrogens (primary N) is 1. The van der Waals surface area contributed by atoms with Crippen molar-refractivity contribution in [2.75, 3.05) is 0 Å². The second-order valence-electron chi connectivity index (χ2n) is 2.75. The number of thiocarbonyl (C=S) groups is 1. The molecule has 0 aliphatic heterocycles. The van der Waals surface area contributed by atoms with Crippen LogP contribution in [0.5, 0.6) is 0 Å². The average Bonchev–Trinajstić information content (AvgIpc) is 2.47. The number of carbonyl (C=O) groups is 1. The second-order valence-corrected chi connectivity index (χ2v) is 3.28. The molecule has 1 heterocycles. The molecule has 7 heteroatoms. The van der Waals surface area contributed by atoms with E-state index < -0.39 is 0 Å². The van der Waals surface area contributed by atoms with Crippen molar-refractivity contribution < 1.29 is 4.79 Å². The summed E-state index contributed by atoms with van der Waals surface area (Å²) in [5.41, 5.74) is 5.20. The van der Waals surface area contributed by atoms with Gasteiger partial charge in [-0.3, -0.25) is 9.48 Å². The predicted octanol–water partition coefficient (Wildman–Crippen LogP) is -0.892. The van der Waals surface area contributed by atoms with E-state index in [9.17, 15) is 4.79 Å². The maximum Gasteiger partial charge on any atom is 0.227 e. The van der Waals surface area contributed by atoms with Gasteiger partial charge in [-0.05, 0) is 0 Å². The van der Waals surface area contributed by atoms with Gasteiger partial charge in [0, 0.05) is 7.05 Å². The van der Waals surface area contributed by atoms with E-state index in [-0.39, 0.29) is 17.3 Å². The lowest BCUT2D eigenvalue weighted by Crippen LogP contribution is -2.27. The van der Waals surface area contributed by atoms with Crippen LogP contribution in [-0.2, 0) is 18.4 Å². The van der Waals surface area contributed by atoms with Crippen molar-refractivity contribution in [2.45, 2.75) is 13.0 Å². The van der Waals surface area contributed by atoms with Crippen LogP contribution in [0.1, 0.15) is 12.2 Å². The van der Waals surface area contributed by atoms with Crippen LogP contribution in [0, 0.1) is 0 Å². The molecule has 0 unspecified atom stereocenters. The average molecular weight is 213 g/mol. The predicted molar refractivity (Wildman–Crippen MR) is 54.3 cm³/mol. The Hall–Kier alpha value is -1.50. The van der Waals surface area contributed by atoms with Gasteiger partial charge in [0.05, 0.1) is 18.0 Å². The molecule has 14 heavy (non-hydrogen) atoms. The number of nitrogens with zero attached hydrogens (tertiary/aromatic N) is 3. The minimum Gasteiger partial charge on any atom is -0.393 e. The quantitative estimate of drug-likeness (QED) is 0.633. The number of aryl methyl sites for hydroxylation is 1. The van der Waals surface area contributed by atoms with E-state index in [0.717, 1.165) is 0 Å². The Balaban J connectivity index is 2.34. The molecule has 0 atom stereocenters. The maximum atomic E-state index is 11.1. The van der Waals surface area contributed by atoms with E-state index in [2.05, 4.69) is 27.6 Å². The van der Waals surface area contributed by atoms with Gasteiger partial charge >= 0.3 is 0 Å². The molecule has 1 rings (SSSR count). The molecule has 0 saturated heterocycles. The third kappa shape index (κ3) is 3.48. The summed E-state index contributed by atoms with van der Waals surface area (Å²) in [6, 6.07) is 0. The van der Waals surface area contributed by atoms with Crippen molar-refractivity contribution in [3.8, 4) is 0 Å².